The number of ether oxygens (including phenoxy) is 4. The van der Waals surface area contributed by atoms with Gasteiger partial charge in [0.2, 0.25) is 0 Å². The summed E-state index contributed by atoms with van der Waals surface area (Å²) in [5.41, 5.74) is -2.04. The largest absolute Gasteiger partial charge is 0.484 e. The van der Waals surface area contributed by atoms with E-state index in [-0.39, 0.29) is 18.9 Å². The molecular formula is C19H23F2NO7. The van der Waals surface area contributed by atoms with Crippen LogP contribution in [0.25, 0.3) is 0 Å². The van der Waals surface area contributed by atoms with E-state index in [0.717, 1.165) is 14.2 Å². The summed E-state index contributed by atoms with van der Waals surface area (Å²) < 4.78 is 48.5. The molecule has 0 unspecified atom stereocenters. The molecule has 0 aliphatic heterocycles. The maximum Gasteiger partial charge on any atom is 0.407 e. The van der Waals surface area contributed by atoms with Gasteiger partial charge < -0.3 is 24.3 Å². The number of benzene rings is 1. The molecule has 1 N–H and O–H groups in total. The molecule has 1 fully saturated rings. The lowest BCUT2D eigenvalue weighted by molar-refractivity contribution is 0.0343. The number of hydrogen-bond acceptors (Lipinski definition) is 7. The second-order valence-electron chi connectivity index (χ2n) is 7.46. The lowest BCUT2D eigenvalue weighted by atomic mass is 9.89. The molecule has 1 aromatic carbocycles. The Morgan fingerprint density at radius 3 is 2.17 bits per heavy atom. The highest BCUT2D eigenvalue weighted by molar-refractivity contribution is 6.03. The zero-order valence-corrected chi connectivity index (χ0v) is 16.8. The minimum absolute atomic E-state index is 0.282. The number of halogens is 2. The maximum atomic E-state index is 14.8. The Bertz CT molecular complexity index is 814. The first kappa shape index (κ1) is 22.4. The number of esters is 2. The molecule has 10 heteroatoms. The van der Waals surface area contributed by atoms with Crippen LogP contribution >= 0.6 is 0 Å². The molecule has 0 bridgehead atoms. The zero-order chi connectivity index (χ0) is 21.9. The van der Waals surface area contributed by atoms with Crippen molar-refractivity contribution in [3.8, 4) is 5.75 Å². The second-order valence-corrected chi connectivity index (χ2v) is 7.46. The molecule has 1 aromatic rings. The van der Waals surface area contributed by atoms with Gasteiger partial charge in [-0.1, -0.05) is 0 Å². The molecule has 1 aliphatic carbocycles. The number of nitrogens with one attached hydrogen (secondary N) is 1. The van der Waals surface area contributed by atoms with Gasteiger partial charge >= 0.3 is 18.0 Å². The third kappa shape index (κ3) is 5.33. The quantitative estimate of drug-likeness (QED) is 0.583. The average Bonchev–Trinajstić information content (AvgIpc) is 2.59. The van der Waals surface area contributed by atoms with Gasteiger partial charge in [0, 0.05) is 18.9 Å². The van der Waals surface area contributed by atoms with Crippen LogP contribution in [0.1, 0.15) is 54.3 Å². The van der Waals surface area contributed by atoms with Crippen LogP contribution in [0.3, 0.4) is 0 Å². The molecule has 0 atom stereocenters. The van der Waals surface area contributed by atoms with E-state index in [9.17, 15) is 23.2 Å². The maximum absolute atomic E-state index is 14.8. The van der Waals surface area contributed by atoms with Crippen LogP contribution in [0.4, 0.5) is 13.6 Å². The van der Waals surface area contributed by atoms with Gasteiger partial charge in [-0.2, -0.15) is 0 Å². The van der Waals surface area contributed by atoms with Crippen molar-refractivity contribution in [2.75, 3.05) is 14.2 Å². The molecule has 0 saturated heterocycles. The van der Waals surface area contributed by atoms with Gasteiger partial charge in [-0.3, -0.25) is 0 Å². The zero-order valence-electron chi connectivity index (χ0n) is 16.8. The fourth-order valence-corrected chi connectivity index (χ4v) is 2.70. The average molecular weight is 415 g/mol. The van der Waals surface area contributed by atoms with E-state index >= 15 is 0 Å². The van der Waals surface area contributed by atoms with Crippen LogP contribution in [-0.4, -0.2) is 50.0 Å². The highest BCUT2D eigenvalue weighted by Gasteiger charge is 2.36. The van der Waals surface area contributed by atoms with E-state index in [1.807, 2.05) is 0 Å². The number of hydrogen-bond donors (Lipinski definition) is 1. The van der Waals surface area contributed by atoms with E-state index < -0.39 is 58.2 Å². The van der Waals surface area contributed by atoms with Gasteiger partial charge in [-0.05, 0) is 26.8 Å². The standard InChI is InChI=1S/C19H23F2NO7/c1-19(2,3)29-18(25)22-9-6-10(7-9)28-15-12(20)8-11(16(23)26-4)13(14(15)21)17(24)27-5/h8-10H,6-7H2,1-5H3,(H,22,25). The SMILES string of the molecule is COC(=O)c1cc(F)c(OC2CC(NC(=O)OC(C)(C)C)C2)c(F)c1C(=O)OC. The predicted octanol–water partition coefficient (Wildman–Crippen LogP) is 2.97. The van der Waals surface area contributed by atoms with Gasteiger partial charge in [0.1, 0.15) is 17.3 Å². The summed E-state index contributed by atoms with van der Waals surface area (Å²) in [6.07, 6.45) is -0.642. The molecule has 8 nitrogen and oxygen atoms in total. The summed E-state index contributed by atoms with van der Waals surface area (Å²) in [5, 5.41) is 2.62. The van der Waals surface area contributed by atoms with Crippen LogP contribution in [-0.2, 0) is 14.2 Å². The summed E-state index contributed by atoms with van der Waals surface area (Å²) in [5.74, 6) is -5.61. The molecule has 1 saturated carbocycles. The summed E-state index contributed by atoms with van der Waals surface area (Å²) in [6.45, 7) is 5.17. The molecular weight excluding hydrogens is 392 g/mol. The Morgan fingerprint density at radius 2 is 1.66 bits per heavy atom. The first-order chi connectivity index (χ1) is 13.5. The van der Waals surface area contributed by atoms with Gasteiger partial charge in [0.15, 0.2) is 17.4 Å². The summed E-state index contributed by atoms with van der Waals surface area (Å²) in [7, 11) is 2.00. The molecule has 1 amide bonds. The molecule has 0 radical (unpaired) electrons. The van der Waals surface area contributed by atoms with Gasteiger partial charge in [-0.25, -0.2) is 23.2 Å². The Balaban J connectivity index is 2.12. The van der Waals surface area contributed by atoms with Crippen molar-refractivity contribution < 1.29 is 42.1 Å². The van der Waals surface area contributed by atoms with E-state index in [1.165, 1.54) is 0 Å². The minimum Gasteiger partial charge on any atom is -0.484 e. The Labute approximate surface area is 166 Å². The summed E-state index contributed by atoms with van der Waals surface area (Å²) >= 11 is 0. The number of carbonyl (C=O) groups is 3. The first-order valence-corrected chi connectivity index (χ1v) is 8.81. The molecule has 1 aliphatic rings. The van der Waals surface area contributed by atoms with Crippen molar-refractivity contribution in [3.63, 3.8) is 0 Å². The number of methoxy groups -OCH3 is 2. The molecule has 0 heterocycles. The molecule has 2 rings (SSSR count). The van der Waals surface area contributed by atoms with Crippen molar-refractivity contribution in [1.82, 2.24) is 5.32 Å². The lowest BCUT2D eigenvalue weighted by Gasteiger charge is -2.36. The summed E-state index contributed by atoms with van der Waals surface area (Å²) in [6, 6.07) is 0.376. The van der Waals surface area contributed by atoms with Crippen LogP contribution in [0.15, 0.2) is 6.07 Å². The smallest absolute Gasteiger partial charge is 0.407 e. The van der Waals surface area contributed by atoms with E-state index in [1.54, 1.807) is 20.8 Å². The number of carbonyl (C=O) groups excluding carboxylic acids is 3. The van der Waals surface area contributed by atoms with Crippen LogP contribution < -0.4 is 10.1 Å². The van der Waals surface area contributed by atoms with Crippen molar-refractivity contribution in [1.29, 1.82) is 0 Å². The van der Waals surface area contributed by atoms with E-state index in [0.29, 0.717) is 6.07 Å². The van der Waals surface area contributed by atoms with Gasteiger partial charge in [0.05, 0.1) is 19.8 Å². The topological polar surface area (TPSA) is 100 Å². The van der Waals surface area contributed by atoms with Crippen molar-refractivity contribution >= 4 is 18.0 Å². The predicted molar refractivity (Wildman–Crippen MR) is 95.8 cm³/mol. The van der Waals surface area contributed by atoms with Crippen molar-refractivity contribution in [2.45, 2.75) is 51.4 Å². The first-order valence-electron chi connectivity index (χ1n) is 8.81. The van der Waals surface area contributed by atoms with Crippen LogP contribution in [0.5, 0.6) is 5.75 Å². The highest BCUT2D eigenvalue weighted by atomic mass is 19.1. The van der Waals surface area contributed by atoms with E-state index in [2.05, 4.69) is 14.8 Å². The fraction of sp³-hybridized carbons (Fsp3) is 0.526. The Kier molecular flexibility index (Phi) is 6.66. The van der Waals surface area contributed by atoms with E-state index in [4.69, 9.17) is 9.47 Å². The third-order valence-electron chi connectivity index (χ3n) is 4.07. The molecule has 29 heavy (non-hydrogen) atoms. The minimum atomic E-state index is -1.36. The Hall–Kier alpha value is -2.91. The van der Waals surface area contributed by atoms with Crippen LogP contribution in [0.2, 0.25) is 0 Å². The number of alkyl carbamates (subject to hydrolysis) is 1. The van der Waals surface area contributed by atoms with Gasteiger partial charge in [0.25, 0.3) is 0 Å². The number of rotatable bonds is 5. The Morgan fingerprint density at radius 1 is 1.07 bits per heavy atom. The van der Waals surface area contributed by atoms with Crippen LogP contribution in [0, 0.1) is 11.6 Å². The third-order valence-corrected chi connectivity index (χ3v) is 4.07. The monoisotopic (exact) mass is 415 g/mol. The summed E-state index contributed by atoms with van der Waals surface area (Å²) in [4.78, 5) is 35.4. The molecule has 160 valence electrons. The normalized spacial score (nSPS) is 18.3. The molecule has 0 aromatic heterocycles. The van der Waals surface area contributed by atoms with Gasteiger partial charge in [-0.15, -0.1) is 0 Å². The van der Waals surface area contributed by atoms with Crippen molar-refractivity contribution in [2.24, 2.45) is 0 Å². The van der Waals surface area contributed by atoms with Crippen molar-refractivity contribution in [3.05, 3.63) is 28.8 Å². The fourth-order valence-electron chi connectivity index (χ4n) is 2.70. The lowest BCUT2D eigenvalue weighted by Crippen LogP contribution is -2.50. The number of amides is 1. The highest BCUT2D eigenvalue weighted by Crippen LogP contribution is 2.33. The second kappa shape index (κ2) is 8.62. The molecule has 0 spiro atoms.